The number of aryl methyl sites for hydroxylation is 1. The smallest absolute Gasteiger partial charge is 0.237 e. The van der Waals surface area contributed by atoms with Crippen molar-refractivity contribution in [3.8, 4) is 0 Å². The van der Waals surface area contributed by atoms with Crippen LogP contribution in [-0.2, 0) is 17.8 Å². The van der Waals surface area contributed by atoms with Crippen LogP contribution in [0.5, 0.6) is 0 Å². The number of hydrogen-bond acceptors (Lipinski definition) is 3. The van der Waals surface area contributed by atoms with Crippen LogP contribution in [0, 0.1) is 6.92 Å². The third kappa shape index (κ3) is 4.17. The summed E-state index contributed by atoms with van der Waals surface area (Å²) in [6.45, 7) is 2.33. The molecule has 104 valence electrons. The van der Waals surface area contributed by atoms with Crippen molar-refractivity contribution in [2.24, 2.45) is 5.73 Å². The number of nitrogens with one attached hydrogen (secondary N) is 1. The van der Waals surface area contributed by atoms with Gasteiger partial charge in [-0.2, -0.15) is 0 Å². The minimum atomic E-state index is -0.540. The Bertz CT molecular complexity index is 569. The van der Waals surface area contributed by atoms with Gasteiger partial charge in [-0.15, -0.1) is 0 Å². The number of carbonyl (C=O) groups excluding carboxylic acids is 1. The van der Waals surface area contributed by atoms with Crippen molar-refractivity contribution in [2.45, 2.75) is 25.9 Å². The Hall–Kier alpha value is -2.20. The van der Waals surface area contributed by atoms with Crippen molar-refractivity contribution in [3.05, 3.63) is 65.5 Å². The molecule has 20 heavy (non-hydrogen) atoms. The Balaban J connectivity index is 1.85. The van der Waals surface area contributed by atoms with E-state index in [1.807, 2.05) is 55.5 Å². The topological polar surface area (TPSA) is 68.0 Å². The molecular weight excluding hydrogens is 250 g/mol. The maximum absolute atomic E-state index is 11.9. The fourth-order valence-electron chi connectivity index (χ4n) is 1.97. The zero-order valence-electron chi connectivity index (χ0n) is 11.5. The largest absolute Gasteiger partial charge is 0.349 e. The van der Waals surface area contributed by atoms with E-state index >= 15 is 0 Å². The maximum atomic E-state index is 11.9. The Morgan fingerprint density at radius 2 is 1.95 bits per heavy atom. The summed E-state index contributed by atoms with van der Waals surface area (Å²) < 4.78 is 0. The maximum Gasteiger partial charge on any atom is 0.237 e. The van der Waals surface area contributed by atoms with Crippen LogP contribution in [0.4, 0.5) is 0 Å². The van der Waals surface area contributed by atoms with E-state index in [0.717, 1.165) is 17.0 Å². The summed E-state index contributed by atoms with van der Waals surface area (Å²) in [5.74, 6) is -0.155. The van der Waals surface area contributed by atoms with Gasteiger partial charge < -0.3 is 11.1 Å². The van der Waals surface area contributed by atoms with Crippen molar-refractivity contribution < 1.29 is 4.79 Å². The highest BCUT2D eigenvalue weighted by Crippen LogP contribution is 2.02. The molecule has 0 unspecified atom stereocenters. The molecular formula is C16H19N3O. The predicted molar refractivity (Wildman–Crippen MR) is 78.9 cm³/mol. The van der Waals surface area contributed by atoms with Crippen molar-refractivity contribution in [3.63, 3.8) is 0 Å². The molecule has 0 aliphatic rings. The van der Waals surface area contributed by atoms with Gasteiger partial charge in [0.25, 0.3) is 0 Å². The molecule has 3 N–H and O–H groups in total. The van der Waals surface area contributed by atoms with Crippen LogP contribution >= 0.6 is 0 Å². The lowest BCUT2D eigenvalue weighted by Gasteiger charge is -2.12. The first-order chi connectivity index (χ1) is 9.65. The molecule has 2 aromatic rings. The van der Waals surface area contributed by atoms with Crippen LogP contribution in [0.15, 0.2) is 48.5 Å². The second-order valence-corrected chi connectivity index (χ2v) is 4.78. The summed E-state index contributed by atoms with van der Waals surface area (Å²) in [6.07, 6.45) is 0.536. The van der Waals surface area contributed by atoms with E-state index in [0.29, 0.717) is 13.0 Å². The number of hydrogen-bond donors (Lipinski definition) is 2. The van der Waals surface area contributed by atoms with Crippen LogP contribution in [0.1, 0.15) is 17.0 Å². The standard InChI is InChI=1S/C16H19N3O/c1-12-6-5-9-14(19-12)11-18-16(20)15(17)10-13-7-3-2-4-8-13/h2-9,15H,10-11,17H2,1H3,(H,18,20)/t15-/m0/s1. The van der Waals surface area contributed by atoms with Crippen LogP contribution in [0.25, 0.3) is 0 Å². The molecule has 0 spiro atoms. The monoisotopic (exact) mass is 269 g/mol. The minimum absolute atomic E-state index is 0.155. The molecule has 0 bridgehead atoms. The molecule has 0 aliphatic carbocycles. The second-order valence-electron chi connectivity index (χ2n) is 4.78. The second kappa shape index (κ2) is 6.82. The summed E-state index contributed by atoms with van der Waals surface area (Å²) in [6, 6.07) is 15.0. The Labute approximate surface area is 119 Å². The molecule has 4 nitrogen and oxygen atoms in total. The number of amides is 1. The fraction of sp³-hybridized carbons (Fsp3) is 0.250. The molecule has 1 aromatic carbocycles. The van der Waals surface area contributed by atoms with E-state index in [4.69, 9.17) is 5.73 Å². The molecule has 0 aliphatic heterocycles. The van der Waals surface area contributed by atoms with Crippen molar-refractivity contribution in [2.75, 3.05) is 0 Å². The van der Waals surface area contributed by atoms with E-state index in [1.54, 1.807) is 0 Å². The predicted octanol–water partition coefficient (Wildman–Crippen LogP) is 1.58. The number of nitrogens with zero attached hydrogens (tertiary/aromatic N) is 1. The highest BCUT2D eigenvalue weighted by atomic mass is 16.2. The minimum Gasteiger partial charge on any atom is -0.349 e. The Morgan fingerprint density at radius 1 is 1.20 bits per heavy atom. The quantitative estimate of drug-likeness (QED) is 0.866. The van der Waals surface area contributed by atoms with E-state index in [1.165, 1.54) is 0 Å². The lowest BCUT2D eigenvalue weighted by Crippen LogP contribution is -2.41. The van der Waals surface area contributed by atoms with Gasteiger partial charge in [-0.05, 0) is 31.0 Å². The Morgan fingerprint density at radius 3 is 2.65 bits per heavy atom. The van der Waals surface area contributed by atoms with E-state index in [-0.39, 0.29) is 5.91 Å². The highest BCUT2D eigenvalue weighted by Gasteiger charge is 2.13. The fourth-order valence-corrected chi connectivity index (χ4v) is 1.97. The lowest BCUT2D eigenvalue weighted by molar-refractivity contribution is -0.122. The molecule has 1 heterocycles. The van der Waals surface area contributed by atoms with Gasteiger partial charge in [0.2, 0.25) is 5.91 Å². The van der Waals surface area contributed by atoms with Gasteiger partial charge in [0.1, 0.15) is 0 Å². The normalized spacial score (nSPS) is 11.9. The van der Waals surface area contributed by atoms with Crippen molar-refractivity contribution in [1.29, 1.82) is 0 Å². The van der Waals surface area contributed by atoms with E-state index in [9.17, 15) is 4.79 Å². The summed E-state index contributed by atoms with van der Waals surface area (Å²) >= 11 is 0. The number of benzene rings is 1. The molecule has 0 saturated carbocycles. The molecule has 0 fully saturated rings. The number of pyridine rings is 1. The van der Waals surface area contributed by atoms with Crippen molar-refractivity contribution in [1.82, 2.24) is 10.3 Å². The summed E-state index contributed by atoms with van der Waals surface area (Å²) in [5.41, 5.74) is 8.74. The molecule has 1 amide bonds. The number of rotatable bonds is 5. The molecule has 4 heteroatoms. The third-order valence-electron chi connectivity index (χ3n) is 3.02. The summed E-state index contributed by atoms with van der Waals surface area (Å²) in [4.78, 5) is 16.3. The Kier molecular flexibility index (Phi) is 4.85. The van der Waals surface area contributed by atoms with Gasteiger partial charge in [0.05, 0.1) is 18.3 Å². The SMILES string of the molecule is Cc1cccc(CNC(=O)[C@@H](N)Cc2ccccc2)n1. The zero-order valence-corrected chi connectivity index (χ0v) is 11.5. The van der Waals surface area contributed by atoms with Gasteiger partial charge in [-0.3, -0.25) is 9.78 Å². The first-order valence-electron chi connectivity index (χ1n) is 6.65. The van der Waals surface area contributed by atoms with Gasteiger partial charge in [-0.1, -0.05) is 36.4 Å². The van der Waals surface area contributed by atoms with Gasteiger partial charge in [0, 0.05) is 5.69 Å². The van der Waals surface area contributed by atoms with Crippen LogP contribution in [-0.4, -0.2) is 16.9 Å². The number of nitrogens with two attached hydrogens (primary N) is 1. The van der Waals surface area contributed by atoms with E-state index < -0.39 is 6.04 Å². The first-order valence-corrected chi connectivity index (χ1v) is 6.65. The van der Waals surface area contributed by atoms with E-state index in [2.05, 4.69) is 10.3 Å². The van der Waals surface area contributed by atoms with Crippen LogP contribution < -0.4 is 11.1 Å². The van der Waals surface area contributed by atoms with Gasteiger partial charge >= 0.3 is 0 Å². The molecule has 2 rings (SSSR count). The summed E-state index contributed by atoms with van der Waals surface area (Å²) in [5, 5.41) is 2.82. The molecule has 1 aromatic heterocycles. The highest BCUT2D eigenvalue weighted by molar-refractivity contribution is 5.81. The van der Waals surface area contributed by atoms with Crippen LogP contribution in [0.2, 0.25) is 0 Å². The third-order valence-corrected chi connectivity index (χ3v) is 3.02. The van der Waals surface area contributed by atoms with Crippen LogP contribution in [0.3, 0.4) is 0 Å². The summed E-state index contributed by atoms with van der Waals surface area (Å²) in [7, 11) is 0. The van der Waals surface area contributed by atoms with Gasteiger partial charge in [-0.25, -0.2) is 0 Å². The lowest BCUT2D eigenvalue weighted by atomic mass is 10.1. The molecule has 0 saturated heterocycles. The first kappa shape index (κ1) is 14.2. The average Bonchev–Trinajstić information content (AvgIpc) is 2.46. The average molecular weight is 269 g/mol. The van der Waals surface area contributed by atoms with Gasteiger partial charge in [0.15, 0.2) is 0 Å². The number of carbonyl (C=O) groups is 1. The van der Waals surface area contributed by atoms with Crippen molar-refractivity contribution >= 4 is 5.91 Å². The number of aromatic nitrogens is 1. The molecule has 0 radical (unpaired) electrons. The molecule has 1 atom stereocenters. The zero-order chi connectivity index (χ0) is 14.4.